The lowest BCUT2D eigenvalue weighted by Crippen LogP contribution is -2.28. The van der Waals surface area contributed by atoms with Crippen molar-refractivity contribution in [3.05, 3.63) is 99.7 Å². The summed E-state index contributed by atoms with van der Waals surface area (Å²) in [5.41, 5.74) is 6.07. The summed E-state index contributed by atoms with van der Waals surface area (Å²) in [4.78, 5) is 26.9. The SMILES string of the molecule is CN(C)c1ccc(C(=C2C=C(C(C)(C)C)C(=O)C(C(C)(C)C)=C2)c2ccc(/C=C(/C#N)C(=O)O)cc2)cc1. The highest BCUT2D eigenvalue weighted by Gasteiger charge is 2.34. The first kappa shape index (κ1) is 28.4. The van der Waals surface area contributed by atoms with E-state index in [0.29, 0.717) is 5.56 Å². The molecular weight excluding hydrogens is 472 g/mol. The van der Waals surface area contributed by atoms with Crippen LogP contribution < -0.4 is 4.90 Å². The van der Waals surface area contributed by atoms with Crippen molar-refractivity contribution in [2.24, 2.45) is 10.8 Å². The minimum absolute atomic E-state index is 0.0780. The van der Waals surface area contributed by atoms with Crippen molar-refractivity contribution in [3.8, 4) is 6.07 Å². The second-order valence-corrected chi connectivity index (χ2v) is 11.8. The Hall–Kier alpha value is -4.17. The minimum Gasteiger partial charge on any atom is -0.477 e. The molecule has 2 aromatic rings. The summed E-state index contributed by atoms with van der Waals surface area (Å²) in [6.45, 7) is 12.3. The Morgan fingerprint density at radius 3 is 1.66 bits per heavy atom. The summed E-state index contributed by atoms with van der Waals surface area (Å²) in [5.74, 6) is -1.18. The lowest BCUT2D eigenvalue weighted by Gasteiger charge is -2.32. The van der Waals surface area contributed by atoms with Crippen molar-refractivity contribution in [2.75, 3.05) is 19.0 Å². The smallest absolute Gasteiger partial charge is 0.346 e. The van der Waals surface area contributed by atoms with Crippen molar-refractivity contribution >= 4 is 29.1 Å². The minimum atomic E-state index is -1.26. The molecule has 0 spiro atoms. The van der Waals surface area contributed by atoms with Gasteiger partial charge in [0.05, 0.1) is 0 Å². The van der Waals surface area contributed by atoms with Crippen LogP contribution in [0.1, 0.15) is 58.2 Å². The summed E-state index contributed by atoms with van der Waals surface area (Å²) in [5, 5.41) is 18.4. The summed E-state index contributed by atoms with van der Waals surface area (Å²) in [6.07, 6.45) is 5.39. The van der Waals surface area contributed by atoms with E-state index in [0.717, 1.165) is 39.1 Å². The summed E-state index contributed by atoms with van der Waals surface area (Å²) in [7, 11) is 3.99. The molecule has 0 heterocycles. The average molecular weight is 509 g/mol. The number of carboxylic acid groups (broad SMARTS) is 1. The lowest BCUT2D eigenvalue weighted by molar-refractivity contribution is -0.132. The second-order valence-electron chi connectivity index (χ2n) is 11.8. The van der Waals surface area contributed by atoms with Crippen LogP contribution in [0.3, 0.4) is 0 Å². The molecule has 0 aliphatic heterocycles. The third-order valence-corrected chi connectivity index (χ3v) is 6.53. The van der Waals surface area contributed by atoms with E-state index in [1.165, 1.54) is 6.08 Å². The number of carbonyl (C=O) groups excluding carboxylic acids is 1. The van der Waals surface area contributed by atoms with Gasteiger partial charge in [-0.3, -0.25) is 4.79 Å². The number of ketones is 1. The number of rotatable bonds is 5. The zero-order valence-electron chi connectivity index (χ0n) is 23.5. The van der Waals surface area contributed by atoms with Gasteiger partial charge in [-0.1, -0.05) is 77.9 Å². The maximum atomic E-state index is 13.6. The highest BCUT2D eigenvalue weighted by molar-refractivity contribution is 6.12. The maximum Gasteiger partial charge on any atom is 0.346 e. The van der Waals surface area contributed by atoms with Gasteiger partial charge in [-0.25, -0.2) is 4.79 Å². The van der Waals surface area contributed by atoms with Gasteiger partial charge in [-0.05, 0) is 69.0 Å². The molecule has 1 N–H and O–H groups in total. The van der Waals surface area contributed by atoms with Crippen LogP contribution in [0.25, 0.3) is 11.6 Å². The first-order valence-electron chi connectivity index (χ1n) is 12.6. The molecule has 38 heavy (non-hydrogen) atoms. The summed E-state index contributed by atoms with van der Waals surface area (Å²) < 4.78 is 0. The number of Topliss-reactive ketones (excluding diaryl/α,β-unsaturated/α-hetero) is 1. The fourth-order valence-electron chi connectivity index (χ4n) is 4.37. The monoisotopic (exact) mass is 508 g/mol. The van der Waals surface area contributed by atoms with Gasteiger partial charge in [0.15, 0.2) is 5.78 Å². The van der Waals surface area contributed by atoms with Gasteiger partial charge in [0.2, 0.25) is 0 Å². The molecule has 0 atom stereocenters. The first-order valence-corrected chi connectivity index (χ1v) is 12.6. The van der Waals surface area contributed by atoms with Gasteiger partial charge in [0, 0.05) is 30.9 Å². The number of nitriles is 1. The van der Waals surface area contributed by atoms with E-state index < -0.39 is 5.97 Å². The Morgan fingerprint density at radius 2 is 1.29 bits per heavy atom. The molecule has 0 unspecified atom stereocenters. The third-order valence-electron chi connectivity index (χ3n) is 6.53. The van der Waals surface area contributed by atoms with Crippen molar-refractivity contribution < 1.29 is 14.7 Å². The number of hydrogen-bond acceptors (Lipinski definition) is 4. The number of anilines is 1. The van der Waals surface area contributed by atoms with E-state index >= 15 is 0 Å². The van der Waals surface area contributed by atoms with Gasteiger partial charge in [-0.2, -0.15) is 5.26 Å². The Morgan fingerprint density at radius 1 is 0.842 bits per heavy atom. The van der Waals surface area contributed by atoms with Crippen molar-refractivity contribution in [2.45, 2.75) is 41.5 Å². The third kappa shape index (κ3) is 6.20. The highest BCUT2D eigenvalue weighted by Crippen LogP contribution is 2.42. The topological polar surface area (TPSA) is 81.4 Å². The molecule has 2 aromatic carbocycles. The largest absolute Gasteiger partial charge is 0.477 e. The molecule has 0 amide bonds. The number of hydrogen-bond donors (Lipinski definition) is 1. The first-order chi connectivity index (χ1) is 17.6. The van der Waals surface area contributed by atoms with E-state index in [4.69, 9.17) is 5.26 Å². The van der Waals surface area contributed by atoms with Crippen LogP contribution >= 0.6 is 0 Å². The van der Waals surface area contributed by atoms with E-state index in [1.807, 2.05) is 43.3 Å². The molecule has 0 radical (unpaired) electrons. The number of benzene rings is 2. The molecule has 0 bridgehead atoms. The zero-order chi connectivity index (χ0) is 28.4. The van der Waals surface area contributed by atoms with Crippen LogP contribution in [-0.4, -0.2) is 31.0 Å². The standard InChI is InChI=1S/C33H36N2O3/c1-32(2,3)27-18-24(19-28(30(27)36)33(4,5)6)29(23-13-15-26(16-14-23)35(7)8)22-11-9-21(10-12-22)17-25(20-34)31(37)38/h9-19H,1-8H3,(H,37,38)/b25-17-. The Balaban J connectivity index is 2.33. The predicted octanol–water partition coefficient (Wildman–Crippen LogP) is 7.07. The molecule has 0 saturated carbocycles. The Bertz CT molecular complexity index is 1380. The molecule has 1 aliphatic carbocycles. The molecule has 5 nitrogen and oxygen atoms in total. The van der Waals surface area contributed by atoms with Gasteiger partial charge < -0.3 is 10.0 Å². The van der Waals surface area contributed by atoms with Crippen molar-refractivity contribution in [3.63, 3.8) is 0 Å². The Kier molecular flexibility index (Phi) is 7.98. The van der Waals surface area contributed by atoms with Crippen LogP contribution in [0.5, 0.6) is 0 Å². The normalized spacial score (nSPS) is 14.4. The number of nitrogens with zero attached hydrogens (tertiary/aromatic N) is 2. The fourth-order valence-corrected chi connectivity index (χ4v) is 4.37. The van der Waals surface area contributed by atoms with Gasteiger partial charge in [-0.15, -0.1) is 0 Å². The lowest BCUT2D eigenvalue weighted by atomic mass is 9.71. The van der Waals surface area contributed by atoms with Crippen LogP contribution in [0.4, 0.5) is 5.69 Å². The second kappa shape index (κ2) is 10.7. The van der Waals surface area contributed by atoms with Crippen molar-refractivity contribution in [1.82, 2.24) is 0 Å². The maximum absolute atomic E-state index is 13.6. The van der Waals surface area contributed by atoms with Crippen LogP contribution in [-0.2, 0) is 9.59 Å². The number of aliphatic carboxylic acids is 1. The van der Waals surface area contributed by atoms with E-state index in [-0.39, 0.29) is 22.2 Å². The highest BCUT2D eigenvalue weighted by atomic mass is 16.4. The molecule has 5 heteroatoms. The number of carboxylic acids is 1. The molecule has 0 fully saturated rings. The fraction of sp³-hybridized carbons (Fsp3) is 0.303. The molecular formula is C33H36N2O3. The van der Waals surface area contributed by atoms with Crippen LogP contribution in [0, 0.1) is 22.2 Å². The molecule has 0 aromatic heterocycles. The van der Waals surface area contributed by atoms with Crippen LogP contribution in [0.15, 0.2) is 83.0 Å². The molecule has 196 valence electrons. The van der Waals surface area contributed by atoms with Gasteiger partial charge in [0.1, 0.15) is 11.6 Å². The molecule has 1 aliphatic rings. The van der Waals surface area contributed by atoms with Crippen molar-refractivity contribution in [1.29, 1.82) is 5.26 Å². The van der Waals surface area contributed by atoms with Gasteiger partial charge in [0.25, 0.3) is 0 Å². The van der Waals surface area contributed by atoms with E-state index in [1.54, 1.807) is 18.2 Å². The summed E-state index contributed by atoms with van der Waals surface area (Å²) >= 11 is 0. The molecule has 3 rings (SSSR count). The van der Waals surface area contributed by atoms with E-state index in [9.17, 15) is 14.7 Å². The number of carbonyl (C=O) groups is 2. The number of allylic oxidation sites excluding steroid dienone is 5. The quantitative estimate of drug-likeness (QED) is 0.345. The predicted molar refractivity (Wildman–Crippen MR) is 155 cm³/mol. The zero-order valence-corrected chi connectivity index (χ0v) is 23.5. The average Bonchev–Trinajstić information content (AvgIpc) is 2.83. The Labute approximate surface area is 226 Å². The summed E-state index contributed by atoms with van der Waals surface area (Å²) in [6, 6.07) is 17.5. The molecule has 0 saturated heterocycles. The van der Waals surface area contributed by atoms with E-state index in [2.05, 4.69) is 65.8 Å². The van der Waals surface area contributed by atoms with Gasteiger partial charge >= 0.3 is 5.97 Å². The van der Waals surface area contributed by atoms with Crippen LogP contribution in [0.2, 0.25) is 0 Å².